The second-order valence-electron chi connectivity index (χ2n) is 3.54. The summed E-state index contributed by atoms with van der Waals surface area (Å²) in [4.78, 5) is 0. The van der Waals surface area contributed by atoms with Gasteiger partial charge in [-0.1, -0.05) is 0 Å². The van der Waals surface area contributed by atoms with E-state index in [1.54, 1.807) is 0 Å². The highest BCUT2D eigenvalue weighted by Gasteiger charge is 2.21. The van der Waals surface area contributed by atoms with Gasteiger partial charge >= 0.3 is 0 Å². The van der Waals surface area contributed by atoms with Crippen LogP contribution in [0.4, 0.5) is 8.78 Å². The highest BCUT2D eigenvalue weighted by Crippen LogP contribution is 2.27. The summed E-state index contributed by atoms with van der Waals surface area (Å²) in [5.41, 5.74) is -0.0123. The van der Waals surface area contributed by atoms with E-state index in [2.05, 4.69) is 4.74 Å². The number of methoxy groups -OCH3 is 1. The Labute approximate surface area is 97.1 Å². The van der Waals surface area contributed by atoms with Crippen molar-refractivity contribution in [2.75, 3.05) is 13.7 Å². The molecule has 0 fully saturated rings. The van der Waals surface area contributed by atoms with Crippen LogP contribution in [0.1, 0.15) is 18.1 Å². The fourth-order valence-electron chi connectivity index (χ4n) is 1.42. The first-order chi connectivity index (χ1) is 8.01. The zero-order valence-electron chi connectivity index (χ0n) is 9.23. The third-order valence-electron chi connectivity index (χ3n) is 2.37. The summed E-state index contributed by atoms with van der Waals surface area (Å²) in [6.45, 7) is -0.320. The quantitative estimate of drug-likeness (QED) is 0.719. The van der Waals surface area contributed by atoms with E-state index < -0.39 is 23.8 Å². The molecule has 96 valence electrons. The van der Waals surface area contributed by atoms with Crippen LogP contribution in [0.25, 0.3) is 0 Å². The number of benzene rings is 1. The number of ether oxygens (including phenoxy) is 1. The third kappa shape index (κ3) is 3.12. The van der Waals surface area contributed by atoms with Gasteiger partial charge < -0.3 is 20.1 Å². The van der Waals surface area contributed by atoms with E-state index in [4.69, 9.17) is 5.11 Å². The van der Waals surface area contributed by atoms with Crippen molar-refractivity contribution in [3.05, 3.63) is 29.3 Å². The van der Waals surface area contributed by atoms with Gasteiger partial charge in [0.15, 0.2) is 11.6 Å². The monoisotopic (exact) mass is 248 g/mol. The second-order valence-corrected chi connectivity index (χ2v) is 3.54. The van der Waals surface area contributed by atoms with Gasteiger partial charge in [-0.2, -0.15) is 4.39 Å². The SMILES string of the molecule is COc1cc(C(O)C(O)CCO)cc(F)c1F. The predicted octanol–water partition coefficient (Wildman–Crippen LogP) is 0.750. The van der Waals surface area contributed by atoms with E-state index in [9.17, 15) is 19.0 Å². The van der Waals surface area contributed by atoms with Gasteiger partial charge in [0.05, 0.1) is 13.2 Å². The molecule has 0 amide bonds. The summed E-state index contributed by atoms with van der Waals surface area (Å²) in [7, 11) is 1.16. The largest absolute Gasteiger partial charge is 0.494 e. The molecule has 0 aliphatic carbocycles. The van der Waals surface area contributed by atoms with Crippen molar-refractivity contribution in [3.8, 4) is 5.75 Å². The second kappa shape index (κ2) is 5.90. The Morgan fingerprint density at radius 1 is 1.29 bits per heavy atom. The van der Waals surface area contributed by atoms with Crippen molar-refractivity contribution in [2.24, 2.45) is 0 Å². The van der Waals surface area contributed by atoms with Crippen molar-refractivity contribution >= 4 is 0 Å². The van der Waals surface area contributed by atoms with Crippen LogP contribution in [0.15, 0.2) is 12.1 Å². The molecular formula is C11H14F2O4. The minimum atomic E-state index is -1.41. The van der Waals surface area contributed by atoms with Crippen LogP contribution < -0.4 is 4.74 Å². The molecular weight excluding hydrogens is 234 g/mol. The van der Waals surface area contributed by atoms with E-state index in [1.165, 1.54) is 0 Å². The van der Waals surface area contributed by atoms with Crippen LogP contribution in [0.5, 0.6) is 5.75 Å². The van der Waals surface area contributed by atoms with Crippen LogP contribution in [0.2, 0.25) is 0 Å². The molecule has 0 radical (unpaired) electrons. The van der Waals surface area contributed by atoms with Crippen molar-refractivity contribution in [2.45, 2.75) is 18.6 Å². The topological polar surface area (TPSA) is 69.9 Å². The molecule has 3 N–H and O–H groups in total. The van der Waals surface area contributed by atoms with Crippen LogP contribution in [0.3, 0.4) is 0 Å². The molecule has 0 bridgehead atoms. The summed E-state index contributed by atoms with van der Waals surface area (Å²) in [5.74, 6) is -2.68. The zero-order valence-corrected chi connectivity index (χ0v) is 9.23. The maximum Gasteiger partial charge on any atom is 0.200 e. The Morgan fingerprint density at radius 2 is 1.94 bits per heavy atom. The Balaban J connectivity index is 3.02. The lowest BCUT2D eigenvalue weighted by molar-refractivity contribution is 0.00391. The Hall–Kier alpha value is -1.24. The predicted molar refractivity (Wildman–Crippen MR) is 55.6 cm³/mol. The maximum absolute atomic E-state index is 13.1. The molecule has 0 aromatic heterocycles. The van der Waals surface area contributed by atoms with E-state index in [0.717, 1.165) is 19.2 Å². The van der Waals surface area contributed by atoms with Crippen LogP contribution in [-0.4, -0.2) is 35.1 Å². The number of aliphatic hydroxyl groups excluding tert-OH is 3. The summed E-state index contributed by atoms with van der Waals surface area (Å²) >= 11 is 0. The van der Waals surface area contributed by atoms with E-state index in [-0.39, 0.29) is 24.3 Å². The molecule has 4 nitrogen and oxygen atoms in total. The molecule has 17 heavy (non-hydrogen) atoms. The molecule has 0 saturated carbocycles. The first-order valence-electron chi connectivity index (χ1n) is 5.01. The molecule has 0 spiro atoms. The number of hydrogen-bond acceptors (Lipinski definition) is 4. The van der Waals surface area contributed by atoms with Gasteiger partial charge in [-0.3, -0.25) is 0 Å². The van der Waals surface area contributed by atoms with Gasteiger partial charge in [0.2, 0.25) is 5.82 Å². The van der Waals surface area contributed by atoms with Gasteiger partial charge in [-0.15, -0.1) is 0 Å². The first-order valence-corrected chi connectivity index (χ1v) is 5.01. The average Bonchev–Trinajstić information content (AvgIpc) is 2.31. The molecule has 0 heterocycles. The average molecular weight is 248 g/mol. The number of aliphatic hydroxyl groups is 3. The van der Waals surface area contributed by atoms with E-state index in [1.807, 2.05) is 0 Å². The highest BCUT2D eigenvalue weighted by molar-refractivity contribution is 5.33. The highest BCUT2D eigenvalue weighted by atomic mass is 19.2. The fourth-order valence-corrected chi connectivity index (χ4v) is 1.42. The fraction of sp³-hybridized carbons (Fsp3) is 0.455. The van der Waals surface area contributed by atoms with Crippen LogP contribution in [0, 0.1) is 11.6 Å². The molecule has 0 saturated heterocycles. The molecule has 0 aliphatic heterocycles. The summed E-state index contributed by atoms with van der Waals surface area (Å²) in [6, 6.07) is 1.88. The molecule has 1 rings (SSSR count). The Bertz CT molecular complexity index is 384. The Kier molecular flexibility index (Phi) is 4.80. The zero-order chi connectivity index (χ0) is 13.0. The molecule has 2 unspecified atom stereocenters. The molecule has 1 aromatic rings. The van der Waals surface area contributed by atoms with Crippen LogP contribution in [-0.2, 0) is 0 Å². The van der Waals surface area contributed by atoms with Crippen LogP contribution >= 0.6 is 0 Å². The van der Waals surface area contributed by atoms with Gasteiger partial charge in [-0.25, -0.2) is 4.39 Å². The van der Waals surface area contributed by atoms with E-state index >= 15 is 0 Å². The summed E-state index contributed by atoms with van der Waals surface area (Å²) < 4.78 is 30.8. The molecule has 2 atom stereocenters. The summed E-state index contributed by atoms with van der Waals surface area (Å²) in [6.07, 6.45) is -2.73. The van der Waals surface area contributed by atoms with Gasteiger partial charge in [0, 0.05) is 6.61 Å². The minimum absolute atomic E-state index is 0.0123. The number of rotatable bonds is 5. The lowest BCUT2D eigenvalue weighted by Gasteiger charge is -2.18. The van der Waals surface area contributed by atoms with Crippen molar-refractivity contribution < 1.29 is 28.8 Å². The molecule has 1 aromatic carbocycles. The lowest BCUT2D eigenvalue weighted by atomic mass is 10.0. The Morgan fingerprint density at radius 3 is 2.47 bits per heavy atom. The minimum Gasteiger partial charge on any atom is -0.494 e. The van der Waals surface area contributed by atoms with Crippen molar-refractivity contribution in [1.29, 1.82) is 0 Å². The first kappa shape index (κ1) is 13.8. The molecule has 0 aliphatic rings. The molecule has 6 heteroatoms. The summed E-state index contributed by atoms with van der Waals surface area (Å²) in [5, 5.41) is 27.7. The van der Waals surface area contributed by atoms with Crippen molar-refractivity contribution in [1.82, 2.24) is 0 Å². The lowest BCUT2D eigenvalue weighted by Crippen LogP contribution is -2.19. The van der Waals surface area contributed by atoms with E-state index in [0.29, 0.717) is 0 Å². The third-order valence-corrected chi connectivity index (χ3v) is 2.37. The maximum atomic E-state index is 13.1. The van der Waals surface area contributed by atoms with Gasteiger partial charge in [-0.05, 0) is 24.1 Å². The normalized spacial score (nSPS) is 14.5. The van der Waals surface area contributed by atoms with Gasteiger partial charge in [0.25, 0.3) is 0 Å². The number of halogens is 2. The smallest absolute Gasteiger partial charge is 0.200 e. The number of hydrogen-bond donors (Lipinski definition) is 3. The standard InChI is InChI=1S/C11H14F2O4/c1-17-9-5-6(4-7(12)10(9)13)11(16)8(15)2-3-14/h4-5,8,11,14-16H,2-3H2,1H3. The van der Waals surface area contributed by atoms with Crippen molar-refractivity contribution in [3.63, 3.8) is 0 Å². The van der Waals surface area contributed by atoms with Gasteiger partial charge in [0.1, 0.15) is 6.10 Å².